The summed E-state index contributed by atoms with van der Waals surface area (Å²) < 4.78 is 52.4. The zero-order valence-corrected chi connectivity index (χ0v) is 20.0. The van der Waals surface area contributed by atoms with E-state index in [-0.39, 0.29) is 5.41 Å². The first-order valence-corrected chi connectivity index (χ1v) is 14.9. The minimum Gasteiger partial charge on any atom is -0.388 e. The molecule has 4 aliphatic carbocycles. The third-order valence-corrected chi connectivity index (χ3v) is 11.1. The lowest BCUT2D eigenvalue weighted by Gasteiger charge is -2.59. The second-order valence-electron chi connectivity index (χ2n) is 9.93. The van der Waals surface area contributed by atoms with E-state index in [1.807, 2.05) is 0 Å². The first-order valence-electron chi connectivity index (χ1n) is 10.3. The van der Waals surface area contributed by atoms with Crippen molar-refractivity contribution in [3.63, 3.8) is 0 Å². The molecule has 0 aromatic heterocycles. The Morgan fingerprint density at radius 1 is 0.875 bits per heavy atom. The minimum absolute atomic E-state index is 0.301. The number of hydrogen-bond acceptors (Lipinski definition) is 9. The van der Waals surface area contributed by atoms with Gasteiger partial charge in [-0.2, -0.15) is 8.62 Å². The van der Waals surface area contributed by atoms with Gasteiger partial charge in [0.1, 0.15) is 17.8 Å². The summed E-state index contributed by atoms with van der Waals surface area (Å²) in [5, 5.41) is 21.5. The van der Waals surface area contributed by atoms with Crippen molar-refractivity contribution < 1.29 is 61.4 Å². The van der Waals surface area contributed by atoms with Crippen molar-refractivity contribution in [1.29, 1.82) is 0 Å². The van der Waals surface area contributed by atoms with E-state index in [0.717, 1.165) is 38.5 Å². The quantitative estimate of drug-likeness (QED) is 0.250. The molecule has 0 spiro atoms. The summed E-state index contributed by atoms with van der Waals surface area (Å²) >= 11 is 0. The molecule has 6 unspecified atom stereocenters. The highest BCUT2D eigenvalue weighted by Gasteiger charge is 2.63. The van der Waals surface area contributed by atoms with E-state index in [2.05, 4.69) is 13.1 Å². The largest absolute Gasteiger partial charge is 0.490 e. The van der Waals surface area contributed by atoms with E-state index in [4.69, 9.17) is 14.5 Å². The Kier molecular flexibility index (Phi) is 6.48. The maximum Gasteiger partial charge on any atom is 0.490 e. The van der Waals surface area contributed by atoms with Crippen LogP contribution in [0.15, 0.2) is 0 Å². The molecule has 5 aliphatic rings. The smallest absolute Gasteiger partial charge is 0.388 e. The maximum atomic E-state index is 12.1. The second kappa shape index (κ2) is 8.17. The first kappa shape index (κ1) is 25.4. The average molecular weight is 522 g/mol. The van der Waals surface area contributed by atoms with Gasteiger partial charge >= 0.3 is 23.5 Å². The van der Waals surface area contributed by atoms with Crippen molar-refractivity contribution in [2.75, 3.05) is 6.61 Å². The molecule has 0 amide bonds. The predicted molar refractivity (Wildman–Crippen MR) is 106 cm³/mol. The van der Waals surface area contributed by atoms with Crippen molar-refractivity contribution in [1.82, 2.24) is 0 Å². The molecule has 6 atom stereocenters. The lowest BCUT2D eigenvalue weighted by Crippen LogP contribution is -2.54. The molecule has 1 heterocycles. The van der Waals surface area contributed by atoms with Crippen LogP contribution in [0.25, 0.3) is 0 Å². The molecule has 6 N–H and O–H groups in total. The fraction of sp³-hybridized carbons (Fsp3) is 1.00. The van der Waals surface area contributed by atoms with Gasteiger partial charge in [0.05, 0.1) is 12.7 Å². The zero-order valence-electron chi connectivity index (χ0n) is 17.3. The second-order valence-corrected chi connectivity index (χ2v) is 14.4. The molecule has 4 bridgehead atoms. The van der Waals surface area contributed by atoms with Gasteiger partial charge in [0.15, 0.2) is 0 Å². The van der Waals surface area contributed by atoms with Crippen LogP contribution < -0.4 is 0 Å². The molecule has 5 fully saturated rings. The third kappa shape index (κ3) is 5.11. The van der Waals surface area contributed by atoms with Crippen LogP contribution in [0.4, 0.5) is 0 Å². The van der Waals surface area contributed by atoms with Crippen LogP contribution in [0.5, 0.6) is 0 Å². The Bertz CT molecular complexity index is 853. The van der Waals surface area contributed by atoms with E-state index < -0.39 is 54.0 Å². The predicted octanol–water partition coefficient (Wildman–Crippen LogP) is 1.43. The van der Waals surface area contributed by atoms with Gasteiger partial charge in [-0.05, 0) is 63.2 Å². The summed E-state index contributed by atoms with van der Waals surface area (Å²) in [4.78, 5) is 36.1. The van der Waals surface area contributed by atoms with E-state index in [9.17, 15) is 33.7 Å². The minimum atomic E-state index is -5.65. The molecule has 32 heavy (non-hydrogen) atoms. The highest BCUT2D eigenvalue weighted by Crippen LogP contribution is 2.67. The zero-order chi connectivity index (χ0) is 23.7. The van der Waals surface area contributed by atoms with Crippen molar-refractivity contribution in [2.24, 2.45) is 23.2 Å². The lowest BCUT2D eigenvalue weighted by molar-refractivity contribution is -0.178. The van der Waals surface area contributed by atoms with Gasteiger partial charge in [-0.25, -0.2) is 13.7 Å². The van der Waals surface area contributed by atoms with Crippen molar-refractivity contribution in [3.8, 4) is 0 Å². The van der Waals surface area contributed by atoms with E-state index >= 15 is 0 Å². The third-order valence-electron chi connectivity index (χ3n) is 7.27. The van der Waals surface area contributed by atoms with Crippen molar-refractivity contribution in [3.05, 3.63) is 0 Å². The number of hydrogen-bond donors (Lipinski definition) is 6. The van der Waals surface area contributed by atoms with Gasteiger partial charge in [-0.1, -0.05) is 0 Å². The van der Waals surface area contributed by atoms with Crippen LogP contribution in [0.2, 0.25) is 0 Å². The molecule has 1 aliphatic heterocycles. The summed E-state index contributed by atoms with van der Waals surface area (Å²) in [6.45, 7) is 0.559. The Morgan fingerprint density at radius 2 is 1.38 bits per heavy atom. The van der Waals surface area contributed by atoms with Crippen LogP contribution >= 0.6 is 23.5 Å². The summed E-state index contributed by atoms with van der Waals surface area (Å²) in [6, 6.07) is 0. The Balaban J connectivity index is 1.44. The molecule has 186 valence electrons. The monoisotopic (exact) mass is 522 g/mol. The molecule has 13 nitrogen and oxygen atoms in total. The van der Waals surface area contributed by atoms with Crippen LogP contribution in [0.3, 0.4) is 0 Å². The highest BCUT2D eigenvalue weighted by molar-refractivity contribution is 7.66. The molecular formula is C16H29O13P3. The van der Waals surface area contributed by atoms with Gasteiger partial charge in [-0.3, -0.25) is 4.52 Å². The highest BCUT2D eigenvalue weighted by atomic mass is 31.3. The number of phosphoric ester groups is 1. The molecule has 16 heteroatoms. The van der Waals surface area contributed by atoms with E-state index in [1.54, 1.807) is 0 Å². The number of phosphoric acid groups is 3. The van der Waals surface area contributed by atoms with E-state index in [1.165, 1.54) is 6.92 Å². The van der Waals surface area contributed by atoms with Crippen LogP contribution in [0.1, 0.15) is 45.4 Å². The average Bonchev–Trinajstić information content (AvgIpc) is 2.81. The topological polar surface area (TPSA) is 210 Å². The number of ether oxygens (including phenoxy) is 1. The molecule has 0 radical (unpaired) electrons. The molecule has 0 aromatic rings. The summed E-state index contributed by atoms with van der Waals surface area (Å²) in [7, 11) is -16.5. The number of aliphatic hydroxyl groups excluding tert-OH is 2. The SMILES string of the molecule is CC1(COP(=O)(O)OP(=O)(O)OP(=O)(O)O)OC(C23CC4CC(CC(C4)C2)C3)C(O)C1O. The van der Waals surface area contributed by atoms with Crippen LogP contribution in [-0.2, 0) is 31.6 Å². The Hall–Kier alpha value is 0.290. The van der Waals surface area contributed by atoms with E-state index in [0.29, 0.717) is 17.8 Å². The van der Waals surface area contributed by atoms with Crippen molar-refractivity contribution in [2.45, 2.75) is 69.4 Å². The van der Waals surface area contributed by atoms with Gasteiger partial charge in [0.25, 0.3) is 0 Å². The van der Waals surface area contributed by atoms with Crippen molar-refractivity contribution >= 4 is 23.5 Å². The van der Waals surface area contributed by atoms with Gasteiger partial charge in [-0.15, -0.1) is 0 Å². The summed E-state index contributed by atoms with van der Waals surface area (Å²) in [5.74, 6) is 1.66. The molecule has 4 saturated carbocycles. The maximum absolute atomic E-state index is 12.1. The normalized spacial score (nSPS) is 47.3. The Morgan fingerprint density at radius 3 is 1.84 bits per heavy atom. The fourth-order valence-electron chi connectivity index (χ4n) is 6.60. The van der Waals surface area contributed by atoms with Crippen LogP contribution in [-0.4, -0.2) is 60.3 Å². The van der Waals surface area contributed by atoms with Gasteiger partial charge in [0, 0.05) is 5.41 Å². The first-order chi connectivity index (χ1) is 14.5. The lowest BCUT2D eigenvalue weighted by atomic mass is 9.48. The standard InChI is InChI=1S/C16H29O13P3/c1-15(8-26-31(22,23)29-32(24,25)28-30(19,20)21)13(18)12(17)14(27-15)16-5-9-2-10(6-16)4-11(3-9)7-16/h9-14,17-18H,2-8H2,1H3,(H,22,23)(H,24,25)(H2,19,20,21). The molecular weight excluding hydrogens is 493 g/mol. The fourth-order valence-corrected chi connectivity index (χ4v) is 9.72. The van der Waals surface area contributed by atoms with Gasteiger partial charge in [0.2, 0.25) is 0 Å². The summed E-state index contributed by atoms with van der Waals surface area (Å²) in [5.41, 5.74) is -1.94. The molecule has 5 rings (SSSR count). The summed E-state index contributed by atoms with van der Waals surface area (Å²) in [6.07, 6.45) is 2.66. The van der Waals surface area contributed by atoms with Gasteiger partial charge < -0.3 is 34.5 Å². The Labute approximate surface area is 184 Å². The number of rotatable bonds is 8. The van der Waals surface area contributed by atoms with Crippen LogP contribution in [0, 0.1) is 23.2 Å². The number of aliphatic hydroxyl groups is 2. The molecule has 0 aromatic carbocycles. The molecule has 1 saturated heterocycles.